The van der Waals surface area contributed by atoms with Crippen LogP contribution < -0.4 is 20.4 Å². The van der Waals surface area contributed by atoms with Crippen LogP contribution in [0.4, 0.5) is 21.8 Å². The molecule has 0 bridgehead atoms. The van der Waals surface area contributed by atoms with E-state index in [9.17, 15) is 14.0 Å². The summed E-state index contributed by atoms with van der Waals surface area (Å²) in [7, 11) is 0. The minimum Gasteiger partial charge on any atom is -0.356 e. The Morgan fingerprint density at radius 2 is 1.90 bits per heavy atom. The van der Waals surface area contributed by atoms with E-state index in [4.69, 9.17) is 0 Å². The molecule has 9 heteroatoms. The van der Waals surface area contributed by atoms with Crippen LogP contribution in [0.25, 0.3) is 0 Å². The molecule has 1 aromatic carbocycles. The molecule has 0 aliphatic carbocycles. The zero-order chi connectivity index (χ0) is 21.8. The van der Waals surface area contributed by atoms with E-state index in [0.29, 0.717) is 31.3 Å². The molecule has 164 valence electrons. The van der Waals surface area contributed by atoms with Gasteiger partial charge in [0.05, 0.1) is 5.92 Å². The molecule has 0 saturated carbocycles. The minimum atomic E-state index is -0.422. The lowest BCUT2D eigenvalue weighted by Crippen LogP contribution is -2.35. The first-order valence-corrected chi connectivity index (χ1v) is 10.7. The number of benzene rings is 1. The highest BCUT2D eigenvalue weighted by Gasteiger charge is 2.34. The Labute approximate surface area is 180 Å². The second-order valence-corrected chi connectivity index (χ2v) is 7.98. The van der Waals surface area contributed by atoms with E-state index in [-0.39, 0.29) is 24.1 Å². The quantitative estimate of drug-likeness (QED) is 0.659. The second kappa shape index (κ2) is 9.28. The van der Waals surface area contributed by atoms with Gasteiger partial charge in [0.15, 0.2) is 0 Å². The number of nitrogens with one attached hydrogen (secondary N) is 2. The van der Waals surface area contributed by atoms with Crippen molar-refractivity contribution in [1.29, 1.82) is 0 Å². The summed E-state index contributed by atoms with van der Waals surface area (Å²) in [5.41, 5.74) is 1.50. The molecule has 2 aromatic rings. The summed E-state index contributed by atoms with van der Waals surface area (Å²) >= 11 is 0. The number of nitrogens with zero attached hydrogens (tertiary/aromatic N) is 4. The van der Waals surface area contributed by atoms with Gasteiger partial charge in [0.1, 0.15) is 11.6 Å². The van der Waals surface area contributed by atoms with E-state index < -0.39 is 5.92 Å². The van der Waals surface area contributed by atoms with Gasteiger partial charge in [-0.15, -0.1) is 0 Å². The average Bonchev–Trinajstić information content (AvgIpc) is 3.41. The summed E-state index contributed by atoms with van der Waals surface area (Å²) in [6, 6.07) is 7.71. The van der Waals surface area contributed by atoms with Gasteiger partial charge in [-0.25, -0.2) is 9.37 Å². The molecule has 31 heavy (non-hydrogen) atoms. The number of hydrogen-bond donors (Lipinski definition) is 2. The molecule has 1 atom stereocenters. The van der Waals surface area contributed by atoms with Gasteiger partial charge >= 0.3 is 0 Å². The van der Waals surface area contributed by atoms with Crippen LogP contribution in [0.5, 0.6) is 0 Å². The lowest BCUT2D eigenvalue weighted by Gasteiger charge is -2.18. The molecule has 0 radical (unpaired) electrons. The summed E-state index contributed by atoms with van der Waals surface area (Å²) in [5.74, 6) is 0.406. The smallest absolute Gasteiger partial charge is 0.227 e. The second-order valence-electron chi connectivity index (χ2n) is 7.98. The van der Waals surface area contributed by atoms with Gasteiger partial charge in [-0.3, -0.25) is 9.59 Å². The van der Waals surface area contributed by atoms with Crippen LogP contribution >= 0.6 is 0 Å². The van der Waals surface area contributed by atoms with Crippen LogP contribution in [0, 0.1) is 18.7 Å². The fourth-order valence-corrected chi connectivity index (χ4v) is 4.00. The zero-order valence-electron chi connectivity index (χ0n) is 17.6. The SMILES string of the molecule is Cc1cc(N2CCCC2)nc(NCCNC(=O)C2CC(=O)N(c3ccc(F)cc3)C2)n1. The molecule has 2 aliphatic heterocycles. The van der Waals surface area contributed by atoms with Crippen molar-refractivity contribution in [3.8, 4) is 0 Å². The molecule has 2 N–H and O–H groups in total. The number of halogens is 1. The summed E-state index contributed by atoms with van der Waals surface area (Å²) < 4.78 is 13.1. The largest absolute Gasteiger partial charge is 0.356 e. The Hall–Kier alpha value is -3.23. The Balaban J connectivity index is 1.25. The lowest BCUT2D eigenvalue weighted by atomic mass is 10.1. The summed E-state index contributed by atoms with van der Waals surface area (Å²) in [4.78, 5) is 37.6. The van der Waals surface area contributed by atoms with Crippen molar-refractivity contribution in [2.45, 2.75) is 26.2 Å². The first-order chi connectivity index (χ1) is 15.0. The van der Waals surface area contributed by atoms with E-state index in [1.165, 1.54) is 29.9 Å². The van der Waals surface area contributed by atoms with Gasteiger partial charge in [-0.1, -0.05) is 0 Å². The standard InChI is InChI=1S/C22H27FN6O2/c1-15-12-19(28-10-2-3-11-28)27-22(26-15)25-9-8-24-21(31)16-13-20(30)29(14-16)18-6-4-17(23)5-7-18/h4-7,12,16H,2-3,8-11,13-14H2,1H3,(H,24,31)(H,25,26,27). The molecule has 2 amide bonds. The van der Waals surface area contributed by atoms with Crippen LogP contribution in [0.15, 0.2) is 30.3 Å². The molecule has 1 unspecified atom stereocenters. The zero-order valence-corrected chi connectivity index (χ0v) is 17.6. The molecule has 0 spiro atoms. The molecule has 2 aliphatic rings. The number of hydrogen-bond acceptors (Lipinski definition) is 6. The normalized spacial score (nSPS) is 18.5. The highest BCUT2D eigenvalue weighted by atomic mass is 19.1. The van der Waals surface area contributed by atoms with Gasteiger partial charge in [-0.05, 0) is 44.0 Å². The molecule has 3 heterocycles. The van der Waals surface area contributed by atoms with Gasteiger partial charge in [-0.2, -0.15) is 4.98 Å². The molecular weight excluding hydrogens is 399 g/mol. The number of carbonyl (C=O) groups is 2. The maximum Gasteiger partial charge on any atom is 0.227 e. The lowest BCUT2D eigenvalue weighted by molar-refractivity contribution is -0.126. The Kier molecular flexibility index (Phi) is 6.29. The van der Waals surface area contributed by atoms with Crippen LogP contribution in [0.2, 0.25) is 0 Å². The fourth-order valence-electron chi connectivity index (χ4n) is 4.00. The van der Waals surface area contributed by atoms with Crippen molar-refractivity contribution in [1.82, 2.24) is 15.3 Å². The third kappa shape index (κ3) is 5.10. The van der Waals surface area contributed by atoms with Crippen LogP contribution in [-0.2, 0) is 9.59 Å². The van der Waals surface area contributed by atoms with E-state index in [2.05, 4.69) is 25.5 Å². The van der Waals surface area contributed by atoms with Gasteiger partial charge in [0, 0.05) is 56.6 Å². The Bertz CT molecular complexity index is 946. The van der Waals surface area contributed by atoms with Crippen LogP contribution in [0.1, 0.15) is 25.0 Å². The van der Waals surface area contributed by atoms with E-state index >= 15 is 0 Å². The fraction of sp³-hybridized carbons (Fsp3) is 0.455. The number of rotatable bonds is 7. The van der Waals surface area contributed by atoms with Gasteiger partial charge < -0.3 is 20.4 Å². The van der Waals surface area contributed by atoms with E-state index in [1.807, 2.05) is 13.0 Å². The molecular formula is C22H27FN6O2. The van der Waals surface area contributed by atoms with Gasteiger partial charge in [0.25, 0.3) is 0 Å². The van der Waals surface area contributed by atoms with E-state index in [0.717, 1.165) is 24.6 Å². The van der Waals surface area contributed by atoms with Crippen molar-refractivity contribution in [2.75, 3.05) is 47.8 Å². The summed E-state index contributed by atoms with van der Waals surface area (Å²) in [6.45, 7) is 5.15. The molecule has 2 saturated heterocycles. The Morgan fingerprint density at radius 1 is 1.16 bits per heavy atom. The van der Waals surface area contributed by atoms with Crippen molar-refractivity contribution < 1.29 is 14.0 Å². The summed E-state index contributed by atoms with van der Waals surface area (Å²) in [5, 5.41) is 6.04. The average molecular weight is 426 g/mol. The number of carbonyl (C=O) groups excluding carboxylic acids is 2. The number of anilines is 3. The third-order valence-electron chi connectivity index (χ3n) is 5.61. The van der Waals surface area contributed by atoms with Crippen molar-refractivity contribution in [2.24, 2.45) is 5.92 Å². The van der Waals surface area contributed by atoms with Crippen molar-refractivity contribution in [3.05, 3.63) is 41.8 Å². The predicted molar refractivity (Wildman–Crippen MR) is 117 cm³/mol. The number of aryl methyl sites for hydroxylation is 1. The highest BCUT2D eigenvalue weighted by molar-refractivity contribution is 6.00. The van der Waals surface area contributed by atoms with Crippen LogP contribution in [0.3, 0.4) is 0 Å². The first kappa shape index (κ1) is 21.0. The molecule has 1 aromatic heterocycles. The molecule has 4 rings (SSSR count). The van der Waals surface area contributed by atoms with Crippen molar-refractivity contribution in [3.63, 3.8) is 0 Å². The van der Waals surface area contributed by atoms with Crippen LogP contribution in [-0.4, -0.2) is 54.5 Å². The highest BCUT2D eigenvalue weighted by Crippen LogP contribution is 2.25. The topological polar surface area (TPSA) is 90.5 Å². The molecule has 2 fully saturated rings. The predicted octanol–water partition coefficient (Wildman–Crippen LogP) is 2.11. The monoisotopic (exact) mass is 426 g/mol. The van der Waals surface area contributed by atoms with Gasteiger partial charge in [0.2, 0.25) is 17.8 Å². The first-order valence-electron chi connectivity index (χ1n) is 10.7. The van der Waals surface area contributed by atoms with E-state index in [1.54, 1.807) is 12.1 Å². The maximum absolute atomic E-state index is 13.1. The summed E-state index contributed by atoms with van der Waals surface area (Å²) in [6.07, 6.45) is 2.51. The maximum atomic E-state index is 13.1. The number of aromatic nitrogens is 2. The minimum absolute atomic E-state index is 0.132. The Morgan fingerprint density at radius 3 is 2.65 bits per heavy atom. The number of amides is 2. The van der Waals surface area contributed by atoms with Crippen molar-refractivity contribution >= 4 is 29.3 Å². The third-order valence-corrected chi connectivity index (χ3v) is 5.61. The molecule has 8 nitrogen and oxygen atoms in total.